The molecule has 1 saturated heterocycles. The summed E-state index contributed by atoms with van der Waals surface area (Å²) in [5.41, 5.74) is 0.233. The Morgan fingerprint density at radius 1 is 1.42 bits per heavy atom. The predicted molar refractivity (Wildman–Crippen MR) is 92.4 cm³/mol. The molecule has 0 saturated carbocycles. The van der Waals surface area contributed by atoms with Crippen molar-refractivity contribution in [3.8, 4) is 0 Å². The van der Waals surface area contributed by atoms with Gasteiger partial charge in [0.15, 0.2) is 0 Å². The number of amides is 1. The van der Waals surface area contributed by atoms with E-state index in [-0.39, 0.29) is 36.2 Å². The molecule has 0 unspecified atom stereocenters. The molecule has 0 bridgehead atoms. The van der Waals surface area contributed by atoms with Gasteiger partial charge in [-0.3, -0.25) is 4.79 Å². The van der Waals surface area contributed by atoms with Gasteiger partial charge in [-0.15, -0.1) is 0 Å². The predicted octanol–water partition coefficient (Wildman–Crippen LogP) is 0.971. The van der Waals surface area contributed by atoms with E-state index in [1.54, 1.807) is 12.1 Å². The SMILES string of the molecule is CC[C@@H](CO)NC(=O)c1ccc(Br)c(S(=O)(=O)N2CCOCC2)c1. The number of rotatable bonds is 6. The van der Waals surface area contributed by atoms with Crippen LogP contribution in [-0.4, -0.2) is 62.7 Å². The molecule has 0 spiro atoms. The molecule has 0 radical (unpaired) electrons. The Balaban J connectivity index is 2.29. The minimum atomic E-state index is -3.71. The number of ether oxygens (including phenoxy) is 1. The maximum Gasteiger partial charge on any atom is 0.251 e. The lowest BCUT2D eigenvalue weighted by atomic mass is 10.2. The first kappa shape index (κ1) is 19.3. The summed E-state index contributed by atoms with van der Waals surface area (Å²) in [5, 5.41) is 11.9. The van der Waals surface area contributed by atoms with E-state index in [0.29, 0.717) is 24.1 Å². The van der Waals surface area contributed by atoms with E-state index in [1.165, 1.54) is 10.4 Å². The zero-order valence-electron chi connectivity index (χ0n) is 13.4. The minimum Gasteiger partial charge on any atom is -0.394 e. The summed E-state index contributed by atoms with van der Waals surface area (Å²) >= 11 is 3.25. The number of hydrogen-bond acceptors (Lipinski definition) is 5. The smallest absolute Gasteiger partial charge is 0.251 e. The minimum absolute atomic E-state index is 0.0501. The first-order chi connectivity index (χ1) is 11.4. The van der Waals surface area contributed by atoms with Gasteiger partial charge in [-0.25, -0.2) is 8.42 Å². The number of nitrogens with zero attached hydrogens (tertiary/aromatic N) is 1. The maximum absolute atomic E-state index is 12.8. The van der Waals surface area contributed by atoms with E-state index in [4.69, 9.17) is 4.74 Å². The Hall–Kier alpha value is -1.00. The highest BCUT2D eigenvalue weighted by molar-refractivity contribution is 9.10. The van der Waals surface area contributed by atoms with Crippen molar-refractivity contribution in [2.45, 2.75) is 24.3 Å². The number of benzene rings is 1. The maximum atomic E-state index is 12.8. The summed E-state index contributed by atoms with van der Waals surface area (Å²) in [6, 6.07) is 4.08. The molecule has 9 heteroatoms. The number of carbonyl (C=O) groups is 1. The number of morpholine rings is 1. The molecule has 0 aliphatic carbocycles. The van der Waals surface area contributed by atoms with Crippen molar-refractivity contribution in [1.29, 1.82) is 0 Å². The highest BCUT2D eigenvalue weighted by Gasteiger charge is 2.29. The molecular formula is C15H21BrN2O5S. The molecule has 1 aromatic carbocycles. The van der Waals surface area contributed by atoms with Crippen LogP contribution in [-0.2, 0) is 14.8 Å². The number of halogens is 1. The lowest BCUT2D eigenvalue weighted by Gasteiger charge is -2.26. The van der Waals surface area contributed by atoms with E-state index in [1.807, 2.05) is 6.92 Å². The van der Waals surface area contributed by atoms with Gasteiger partial charge in [-0.05, 0) is 40.5 Å². The van der Waals surface area contributed by atoms with E-state index in [9.17, 15) is 18.3 Å². The van der Waals surface area contributed by atoms with Gasteiger partial charge in [0.2, 0.25) is 10.0 Å². The lowest BCUT2D eigenvalue weighted by Crippen LogP contribution is -2.41. The second-order valence-electron chi connectivity index (χ2n) is 5.42. The van der Waals surface area contributed by atoms with Crippen LogP contribution in [0.2, 0.25) is 0 Å². The van der Waals surface area contributed by atoms with Crippen molar-refractivity contribution < 1.29 is 23.1 Å². The van der Waals surface area contributed by atoms with Crippen LogP contribution in [0, 0.1) is 0 Å². The van der Waals surface area contributed by atoms with Gasteiger partial charge in [0.1, 0.15) is 0 Å². The molecule has 1 aliphatic heterocycles. The monoisotopic (exact) mass is 420 g/mol. The highest BCUT2D eigenvalue weighted by Crippen LogP contribution is 2.27. The molecule has 1 fully saturated rings. The van der Waals surface area contributed by atoms with E-state index in [0.717, 1.165) is 0 Å². The van der Waals surface area contributed by atoms with Crippen molar-refractivity contribution in [2.75, 3.05) is 32.9 Å². The van der Waals surface area contributed by atoms with Gasteiger partial charge in [-0.2, -0.15) is 4.31 Å². The molecule has 1 heterocycles. The molecule has 1 aromatic rings. The average Bonchev–Trinajstić information content (AvgIpc) is 2.60. The van der Waals surface area contributed by atoms with Crippen LogP contribution >= 0.6 is 15.9 Å². The highest BCUT2D eigenvalue weighted by atomic mass is 79.9. The molecule has 0 aromatic heterocycles. The van der Waals surface area contributed by atoms with Crippen LogP contribution in [0.1, 0.15) is 23.7 Å². The fraction of sp³-hybridized carbons (Fsp3) is 0.533. The molecule has 134 valence electrons. The molecule has 7 nitrogen and oxygen atoms in total. The Morgan fingerprint density at radius 3 is 2.67 bits per heavy atom. The second kappa shape index (κ2) is 8.39. The molecule has 2 N–H and O–H groups in total. The standard InChI is InChI=1S/C15H21BrN2O5S/c1-2-12(10-19)17-15(20)11-3-4-13(16)14(9-11)24(21,22)18-5-7-23-8-6-18/h3-4,9,12,19H,2,5-8,10H2,1H3,(H,17,20)/t12-/m0/s1. The molecule has 1 amide bonds. The second-order valence-corrected chi connectivity index (χ2v) is 8.18. The Bertz CT molecular complexity index is 685. The summed E-state index contributed by atoms with van der Waals surface area (Å²) in [6.45, 7) is 2.95. The molecule has 2 rings (SSSR count). The summed E-state index contributed by atoms with van der Waals surface area (Å²) in [7, 11) is -3.71. The number of aliphatic hydroxyl groups excluding tert-OH is 1. The third-order valence-corrected chi connectivity index (χ3v) is 6.72. The summed E-state index contributed by atoms with van der Waals surface area (Å²) in [5.74, 6) is -0.415. The van der Waals surface area contributed by atoms with Crippen LogP contribution in [0.4, 0.5) is 0 Å². The van der Waals surface area contributed by atoms with Crippen molar-refractivity contribution in [3.63, 3.8) is 0 Å². The molecule has 24 heavy (non-hydrogen) atoms. The molecule has 1 atom stereocenters. The number of nitrogens with one attached hydrogen (secondary N) is 1. The van der Waals surface area contributed by atoms with E-state index in [2.05, 4.69) is 21.2 Å². The van der Waals surface area contributed by atoms with Gasteiger partial charge in [-0.1, -0.05) is 6.92 Å². The van der Waals surface area contributed by atoms with Gasteiger partial charge in [0.05, 0.1) is 30.8 Å². The third kappa shape index (κ3) is 4.34. The quantitative estimate of drug-likeness (QED) is 0.714. The Morgan fingerprint density at radius 2 is 2.08 bits per heavy atom. The van der Waals surface area contributed by atoms with Gasteiger partial charge in [0.25, 0.3) is 5.91 Å². The van der Waals surface area contributed by atoms with Gasteiger partial charge < -0.3 is 15.2 Å². The van der Waals surface area contributed by atoms with Gasteiger partial charge in [0, 0.05) is 23.1 Å². The van der Waals surface area contributed by atoms with E-state index < -0.39 is 15.9 Å². The van der Waals surface area contributed by atoms with Crippen LogP contribution in [0.15, 0.2) is 27.6 Å². The van der Waals surface area contributed by atoms with Crippen molar-refractivity contribution in [2.24, 2.45) is 0 Å². The molecular weight excluding hydrogens is 400 g/mol. The Kier molecular flexibility index (Phi) is 6.76. The first-order valence-electron chi connectivity index (χ1n) is 7.69. The number of sulfonamides is 1. The fourth-order valence-electron chi connectivity index (χ4n) is 2.31. The number of carbonyl (C=O) groups excluding carboxylic acids is 1. The number of hydrogen-bond donors (Lipinski definition) is 2. The number of aliphatic hydroxyl groups is 1. The third-order valence-electron chi connectivity index (χ3n) is 3.83. The summed E-state index contributed by atoms with van der Waals surface area (Å²) in [4.78, 5) is 12.3. The van der Waals surface area contributed by atoms with Crippen molar-refractivity contribution >= 4 is 31.9 Å². The first-order valence-corrected chi connectivity index (χ1v) is 9.92. The zero-order chi connectivity index (χ0) is 17.7. The van der Waals surface area contributed by atoms with Crippen molar-refractivity contribution in [1.82, 2.24) is 9.62 Å². The van der Waals surface area contributed by atoms with Crippen LogP contribution in [0.25, 0.3) is 0 Å². The summed E-state index contributed by atoms with van der Waals surface area (Å²) < 4.78 is 32.5. The fourth-order valence-corrected chi connectivity index (χ4v) is 4.67. The average molecular weight is 421 g/mol. The molecule has 1 aliphatic rings. The van der Waals surface area contributed by atoms with Crippen molar-refractivity contribution in [3.05, 3.63) is 28.2 Å². The topological polar surface area (TPSA) is 95.9 Å². The Labute approximate surface area is 150 Å². The zero-order valence-corrected chi connectivity index (χ0v) is 15.8. The van der Waals surface area contributed by atoms with Crippen LogP contribution in [0.3, 0.4) is 0 Å². The largest absolute Gasteiger partial charge is 0.394 e. The van der Waals surface area contributed by atoms with Gasteiger partial charge >= 0.3 is 0 Å². The van der Waals surface area contributed by atoms with E-state index >= 15 is 0 Å². The lowest BCUT2D eigenvalue weighted by molar-refractivity contribution is 0.0730. The van der Waals surface area contributed by atoms with Crippen LogP contribution in [0.5, 0.6) is 0 Å². The normalized spacial score (nSPS) is 17.5. The summed E-state index contributed by atoms with van der Waals surface area (Å²) in [6.07, 6.45) is 0.581. The van der Waals surface area contributed by atoms with Crippen LogP contribution < -0.4 is 5.32 Å².